The van der Waals surface area contributed by atoms with Crippen molar-refractivity contribution in [2.45, 2.75) is 6.54 Å². The van der Waals surface area contributed by atoms with Crippen LogP contribution < -0.4 is 14.3 Å². The number of amides is 1. The molecule has 0 atom stereocenters. The molecule has 0 saturated heterocycles. The summed E-state index contributed by atoms with van der Waals surface area (Å²) >= 11 is 1.36. The molecule has 3 aromatic rings. The van der Waals surface area contributed by atoms with E-state index >= 15 is 0 Å². The van der Waals surface area contributed by atoms with Gasteiger partial charge < -0.3 is 18.5 Å². The maximum absolute atomic E-state index is 12.1. The highest BCUT2D eigenvalue weighted by molar-refractivity contribution is 7.16. The van der Waals surface area contributed by atoms with Crippen molar-refractivity contribution >= 4 is 27.5 Å². The van der Waals surface area contributed by atoms with Crippen LogP contribution in [0.2, 0.25) is 0 Å². The summed E-state index contributed by atoms with van der Waals surface area (Å²) in [5, 5.41) is 0. The van der Waals surface area contributed by atoms with Gasteiger partial charge in [0.05, 0.1) is 23.0 Å². The topological polar surface area (TPSA) is 66.0 Å². The van der Waals surface area contributed by atoms with Crippen molar-refractivity contribution in [1.29, 1.82) is 0 Å². The largest absolute Gasteiger partial charge is 0.459 e. The average Bonchev–Trinajstić information content (AvgIpc) is 3.26. The molecular formula is C16H10N2O4S. The summed E-state index contributed by atoms with van der Waals surface area (Å²) in [5.41, 5.74) is 0.850. The number of carbonyl (C=O) groups excluding carboxylic acids is 1. The number of ether oxygens (including phenoxy) is 2. The predicted molar refractivity (Wildman–Crippen MR) is 83.4 cm³/mol. The van der Waals surface area contributed by atoms with E-state index in [0.29, 0.717) is 22.8 Å². The Morgan fingerprint density at radius 1 is 1.39 bits per heavy atom. The van der Waals surface area contributed by atoms with E-state index in [0.717, 1.165) is 10.2 Å². The van der Waals surface area contributed by atoms with Gasteiger partial charge in [0.1, 0.15) is 0 Å². The molecule has 0 fully saturated rings. The van der Waals surface area contributed by atoms with E-state index in [2.05, 4.69) is 10.9 Å². The molecule has 0 aliphatic carbocycles. The maximum atomic E-state index is 12.1. The average molecular weight is 326 g/mol. The van der Waals surface area contributed by atoms with Gasteiger partial charge in [0.25, 0.3) is 0 Å². The van der Waals surface area contributed by atoms with Crippen LogP contribution in [0.4, 0.5) is 0 Å². The van der Waals surface area contributed by atoms with Crippen molar-refractivity contribution in [3.05, 3.63) is 41.1 Å². The van der Waals surface area contributed by atoms with Crippen LogP contribution in [0, 0.1) is 12.3 Å². The van der Waals surface area contributed by atoms with Gasteiger partial charge in [-0.1, -0.05) is 17.3 Å². The van der Waals surface area contributed by atoms with Crippen molar-refractivity contribution in [3.63, 3.8) is 0 Å². The SMILES string of the molecule is C#CCn1c(=NC(=O)c2ccco2)sc2cc3c(cc21)OCO3. The lowest BCUT2D eigenvalue weighted by atomic mass is 10.3. The Balaban J connectivity index is 1.91. The minimum absolute atomic E-state index is 0.184. The Bertz CT molecular complexity index is 1010. The molecule has 1 amide bonds. The van der Waals surface area contributed by atoms with Gasteiger partial charge in [-0.05, 0) is 12.1 Å². The molecule has 4 rings (SSSR count). The van der Waals surface area contributed by atoms with Crippen LogP contribution in [-0.4, -0.2) is 17.3 Å². The number of hydrogen-bond donors (Lipinski definition) is 0. The Morgan fingerprint density at radius 3 is 2.96 bits per heavy atom. The van der Waals surface area contributed by atoms with Crippen molar-refractivity contribution in [1.82, 2.24) is 4.57 Å². The first-order valence-corrected chi connectivity index (χ1v) is 7.57. The lowest BCUT2D eigenvalue weighted by molar-refractivity contribution is 0.0971. The van der Waals surface area contributed by atoms with Gasteiger partial charge in [-0.25, -0.2) is 0 Å². The summed E-state index contributed by atoms with van der Waals surface area (Å²) in [6, 6.07) is 6.93. The summed E-state index contributed by atoms with van der Waals surface area (Å²) in [4.78, 5) is 16.8. The molecule has 1 aliphatic heterocycles. The quantitative estimate of drug-likeness (QED) is 0.678. The van der Waals surface area contributed by atoms with Gasteiger partial charge in [0, 0.05) is 12.1 Å². The smallest absolute Gasteiger partial charge is 0.315 e. The number of aromatic nitrogens is 1. The van der Waals surface area contributed by atoms with Gasteiger partial charge in [0.15, 0.2) is 22.1 Å². The number of thiazole rings is 1. The second-order valence-corrected chi connectivity index (χ2v) is 5.75. The van der Waals surface area contributed by atoms with Gasteiger partial charge in [-0.3, -0.25) is 4.79 Å². The number of furan rings is 1. The molecule has 6 nitrogen and oxygen atoms in total. The molecule has 0 unspecified atom stereocenters. The van der Waals surface area contributed by atoms with Crippen LogP contribution in [0.5, 0.6) is 11.5 Å². The highest BCUT2D eigenvalue weighted by atomic mass is 32.1. The van der Waals surface area contributed by atoms with Crippen LogP contribution in [0.15, 0.2) is 39.9 Å². The third-order valence-electron chi connectivity index (χ3n) is 3.36. The highest BCUT2D eigenvalue weighted by Gasteiger charge is 2.18. The zero-order valence-electron chi connectivity index (χ0n) is 11.8. The molecule has 0 bridgehead atoms. The molecule has 2 aromatic heterocycles. The van der Waals surface area contributed by atoms with Crippen molar-refractivity contribution in [3.8, 4) is 23.8 Å². The van der Waals surface area contributed by atoms with Gasteiger partial charge >= 0.3 is 5.91 Å². The fourth-order valence-electron chi connectivity index (χ4n) is 2.33. The van der Waals surface area contributed by atoms with Crippen molar-refractivity contribution in [2.75, 3.05) is 6.79 Å². The fourth-order valence-corrected chi connectivity index (χ4v) is 3.37. The monoisotopic (exact) mass is 326 g/mol. The minimum Gasteiger partial charge on any atom is -0.459 e. The van der Waals surface area contributed by atoms with E-state index in [1.54, 1.807) is 16.7 Å². The van der Waals surface area contributed by atoms with Crippen LogP contribution in [0.3, 0.4) is 0 Å². The normalized spacial score (nSPS) is 13.4. The zero-order chi connectivity index (χ0) is 15.8. The first-order chi connectivity index (χ1) is 11.3. The van der Waals surface area contributed by atoms with Crippen LogP contribution in [0.25, 0.3) is 10.2 Å². The van der Waals surface area contributed by atoms with E-state index in [-0.39, 0.29) is 12.6 Å². The molecule has 114 valence electrons. The molecule has 0 spiro atoms. The number of terminal acetylenes is 1. The third kappa shape index (κ3) is 2.29. The maximum Gasteiger partial charge on any atom is 0.315 e. The number of rotatable bonds is 2. The molecule has 0 radical (unpaired) electrons. The lowest BCUT2D eigenvalue weighted by Crippen LogP contribution is -2.16. The first kappa shape index (κ1) is 13.7. The summed E-state index contributed by atoms with van der Waals surface area (Å²) in [5.74, 6) is 3.65. The third-order valence-corrected chi connectivity index (χ3v) is 4.40. The summed E-state index contributed by atoms with van der Waals surface area (Å²) in [6.07, 6.45) is 6.88. The number of nitrogens with zero attached hydrogens (tertiary/aromatic N) is 2. The predicted octanol–water partition coefficient (Wildman–Crippen LogP) is 2.40. The molecule has 1 aliphatic rings. The second-order valence-electron chi connectivity index (χ2n) is 4.74. The van der Waals surface area contributed by atoms with E-state index in [9.17, 15) is 4.79 Å². The number of benzene rings is 1. The van der Waals surface area contributed by atoms with E-state index in [1.807, 2.05) is 12.1 Å². The molecular weight excluding hydrogens is 316 g/mol. The molecule has 1 aromatic carbocycles. The standard InChI is InChI=1S/C16H10N2O4S/c1-2-5-18-10-7-12-13(22-9-21-12)8-14(10)23-16(18)17-15(19)11-4-3-6-20-11/h1,3-4,6-8H,5,9H2. The van der Waals surface area contributed by atoms with Crippen LogP contribution in [0.1, 0.15) is 10.6 Å². The van der Waals surface area contributed by atoms with E-state index < -0.39 is 5.91 Å². The van der Waals surface area contributed by atoms with Crippen molar-refractivity contribution < 1.29 is 18.7 Å². The van der Waals surface area contributed by atoms with E-state index in [4.69, 9.17) is 20.3 Å². The Labute approximate surface area is 134 Å². The van der Waals surface area contributed by atoms with Crippen LogP contribution in [-0.2, 0) is 6.54 Å². The minimum atomic E-state index is -0.452. The molecule has 23 heavy (non-hydrogen) atoms. The highest BCUT2D eigenvalue weighted by Crippen LogP contribution is 2.36. The number of hydrogen-bond acceptors (Lipinski definition) is 5. The van der Waals surface area contributed by atoms with E-state index in [1.165, 1.54) is 17.6 Å². The van der Waals surface area contributed by atoms with Crippen LogP contribution >= 0.6 is 11.3 Å². The number of fused-ring (bicyclic) bond motifs is 2. The van der Waals surface area contributed by atoms with Gasteiger partial charge in [-0.15, -0.1) is 6.42 Å². The number of carbonyl (C=O) groups is 1. The van der Waals surface area contributed by atoms with Gasteiger partial charge in [-0.2, -0.15) is 4.99 Å². The Hall–Kier alpha value is -2.98. The second kappa shape index (κ2) is 5.34. The summed E-state index contributed by atoms with van der Waals surface area (Å²) in [6.45, 7) is 0.500. The Morgan fingerprint density at radius 2 is 2.22 bits per heavy atom. The molecule has 3 heterocycles. The molecule has 0 N–H and O–H groups in total. The van der Waals surface area contributed by atoms with Gasteiger partial charge in [0.2, 0.25) is 6.79 Å². The first-order valence-electron chi connectivity index (χ1n) is 6.75. The fraction of sp³-hybridized carbons (Fsp3) is 0.125. The lowest BCUT2D eigenvalue weighted by Gasteiger charge is -2.01. The Kier molecular flexibility index (Phi) is 3.17. The summed E-state index contributed by atoms with van der Waals surface area (Å²) < 4.78 is 18.6. The van der Waals surface area contributed by atoms with Crippen molar-refractivity contribution in [2.24, 2.45) is 4.99 Å². The zero-order valence-corrected chi connectivity index (χ0v) is 12.6. The molecule has 0 saturated carbocycles. The summed E-state index contributed by atoms with van der Waals surface area (Å²) in [7, 11) is 0. The molecule has 7 heteroatoms.